The molecule has 3 rings (SSSR count). The molecule has 1 aromatic heterocycles. The molecule has 2 saturated heterocycles. The number of nitrogens with zero attached hydrogens (tertiary/aromatic N) is 2. The van der Waals surface area contributed by atoms with E-state index >= 15 is 0 Å². The Labute approximate surface area is 125 Å². The molecule has 1 unspecified atom stereocenters. The molecule has 0 radical (unpaired) electrons. The summed E-state index contributed by atoms with van der Waals surface area (Å²) in [7, 11) is 0. The first-order chi connectivity index (χ1) is 9.65. The number of hydrogen-bond acceptors (Lipinski definition) is 3. The molecular weight excluding hydrogens is 268 g/mol. The number of carbonyl (C=O) groups excluding carboxylic acids is 1. The quantitative estimate of drug-likeness (QED) is 0.855. The number of rotatable bonds is 3. The van der Waals surface area contributed by atoms with E-state index in [4.69, 9.17) is 0 Å². The summed E-state index contributed by atoms with van der Waals surface area (Å²) in [4.78, 5) is 19.8. The van der Waals surface area contributed by atoms with Crippen LogP contribution < -0.4 is 0 Å². The second-order valence-electron chi connectivity index (χ2n) is 6.13. The second-order valence-corrected chi connectivity index (χ2v) is 7.59. The maximum absolute atomic E-state index is 12.8. The number of amides is 1. The molecular formula is C16H24N2OS. The fourth-order valence-corrected chi connectivity index (χ4v) is 4.47. The highest BCUT2D eigenvalue weighted by molar-refractivity contribution is 7.12. The molecule has 0 spiro atoms. The van der Waals surface area contributed by atoms with Crippen molar-refractivity contribution in [2.24, 2.45) is 0 Å². The van der Waals surface area contributed by atoms with Crippen LogP contribution in [0.4, 0.5) is 0 Å². The molecule has 0 bridgehead atoms. The Bertz CT molecular complexity index is 491. The van der Waals surface area contributed by atoms with Crippen molar-refractivity contribution in [2.45, 2.75) is 45.6 Å². The van der Waals surface area contributed by atoms with E-state index in [0.717, 1.165) is 25.1 Å². The van der Waals surface area contributed by atoms with Gasteiger partial charge in [0.25, 0.3) is 5.91 Å². The Balaban J connectivity index is 1.71. The van der Waals surface area contributed by atoms with Crippen LogP contribution in [0.3, 0.4) is 0 Å². The maximum Gasteiger partial charge on any atom is 0.255 e. The number of likely N-dealkylation sites (tertiary alicyclic amines) is 2. The van der Waals surface area contributed by atoms with E-state index in [1.165, 1.54) is 42.1 Å². The molecule has 1 aromatic rings. The Morgan fingerprint density at radius 3 is 2.65 bits per heavy atom. The summed E-state index contributed by atoms with van der Waals surface area (Å²) >= 11 is 1.73. The first-order valence-electron chi connectivity index (χ1n) is 7.75. The molecule has 3 heterocycles. The van der Waals surface area contributed by atoms with Crippen LogP contribution >= 0.6 is 11.3 Å². The van der Waals surface area contributed by atoms with Crippen molar-refractivity contribution < 1.29 is 4.79 Å². The summed E-state index contributed by atoms with van der Waals surface area (Å²) < 4.78 is 0. The van der Waals surface area contributed by atoms with E-state index in [2.05, 4.69) is 29.7 Å². The third kappa shape index (κ3) is 2.77. The van der Waals surface area contributed by atoms with Crippen molar-refractivity contribution in [2.75, 3.05) is 26.2 Å². The number of thiophene rings is 1. The predicted octanol–water partition coefficient (Wildman–Crippen LogP) is 3.07. The van der Waals surface area contributed by atoms with Crippen LogP contribution in [0.15, 0.2) is 6.07 Å². The van der Waals surface area contributed by atoms with Gasteiger partial charge in [-0.3, -0.25) is 4.79 Å². The van der Waals surface area contributed by atoms with Crippen LogP contribution in [0.2, 0.25) is 0 Å². The molecule has 0 N–H and O–H groups in total. The summed E-state index contributed by atoms with van der Waals surface area (Å²) in [5.41, 5.74) is 0.931. The van der Waals surface area contributed by atoms with E-state index in [-0.39, 0.29) is 5.91 Å². The molecule has 2 fully saturated rings. The van der Waals surface area contributed by atoms with Gasteiger partial charge in [0.2, 0.25) is 0 Å². The van der Waals surface area contributed by atoms with Gasteiger partial charge < -0.3 is 9.80 Å². The fourth-order valence-electron chi connectivity index (χ4n) is 3.55. The number of aryl methyl sites for hydroxylation is 2. The highest BCUT2D eigenvalue weighted by atomic mass is 32.1. The molecule has 1 atom stereocenters. The van der Waals surface area contributed by atoms with Crippen LogP contribution in [-0.4, -0.2) is 47.9 Å². The van der Waals surface area contributed by atoms with Gasteiger partial charge in [-0.25, -0.2) is 0 Å². The molecule has 4 heteroatoms. The van der Waals surface area contributed by atoms with Gasteiger partial charge in [0.1, 0.15) is 0 Å². The van der Waals surface area contributed by atoms with Crippen LogP contribution in [0.1, 0.15) is 45.8 Å². The molecule has 3 nitrogen and oxygen atoms in total. The Morgan fingerprint density at radius 1 is 1.25 bits per heavy atom. The standard InChI is InChI=1S/C16H24N2OS/c1-12-10-15(13(2)20-12)16(19)18-9-5-6-14(18)11-17-7-3-4-8-17/h10,14H,3-9,11H2,1-2H3. The number of hydrogen-bond donors (Lipinski definition) is 0. The highest BCUT2D eigenvalue weighted by Gasteiger charge is 2.32. The van der Waals surface area contributed by atoms with Gasteiger partial charge >= 0.3 is 0 Å². The lowest BCUT2D eigenvalue weighted by Crippen LogP contribution is -2.42. The van der Waals surface area contributed by atoms with E-state index in [1.54, 1.807) is 11.3 Å². The SMILES string of the molecule is Cc1cc(C(=O)N2CCCC2CN2CCCC2)c(C)s1. The lowest BCUT2D eigenvalue weighted by Gasteiger charge is -2.28. The fraction of sp³-hybridized carbons (Fsp3) is 0.688. The normalized spacial score (nSPS) is 23.7. The summed E-state index contributed by atoms with van der Waals surface area (Å²) in [6, 6.07) is 2.49. The lowest BCUT2D eigenvalue weighted by molar-refractivity contribution is 0.0708. The monoisotopic (exact) mass is 292 g/mol. The van der Waals surface area contributed by atoms with E-state index < -0.39 is 0 Å². The number of carbonyl (C=O) groups is 1. The Morgan fingerprint density at radius 2 is 2.00 bits per heavy atom. The zero-order chi connectivity index (χ0) is 14.1. The molecule has 2 aliphatic heterocycles. The van der Waals surface area contributed by atoms with Crippen LogP contribution in [0.25, 0.3) is 0 Å². The van der Waals surface area contributed by atoms with Crippen LogP contribution in [0.5, 0.6) is 0 Å². The van der Waals surface area contributed by atoms with Gasteiger partial charge in [-0.1, -0.05) is 0 Å². The topological polar surface area (TPSA) is 23.6 Å². The smallest absolute Gasteiger partial charge is 0.255 e. The molecule has 20 heavy (non-hydrogen) atoms. The van der Waals surface area contributed by atoms with Gasteiger partial charge in [-0.15, -0.1) is 11.3 Å². The van der Waals surface area contributed by atoms with Crippen molar-refractivity contribution in [3.05, 3.63) is 21.4 Å². The van der Waals surface area contributed by atoms with Crippen molar-refractivity contribution >= 4 is 17.2 Å². The summed E-state index contributed by atoms with van der Waals surface area (Å²) in [6.45, 7) is 8.60. The maximum atomic E-state index is 12.8. The van der Waals surface area contributed by atoms with Crippen molar-refractivity contribution in [3.63, 3.8) is 0 Å². The second kappa shape index (κ2) is 5.86. The van der Waals surface area contributed by atoms with E-state index in [1.807, 2.05) is 0 Å². The summed E-state index contributed by atoms with van der Waals surface area (Å²) in [5.74, 6) is 0.258. The van der Waals surface area contributed by atoms with Gasteiger partial charge in [0, 0.05) is 28.9 Å². The van der Waals surface area contributed by atoms with Crippen molar-refractivity contribution in [1.29, 1.82) is 0 Å². The van der Waals surface area contributed by atoms with E-state index in [9.17, 15) is 4.79 Å². The van der Waals surface area contributed by atoms with Gasteiger partial charge in [0.15, 0.2) is 0 Å². The average Bonchev–Trinajstić information content (AvgIpc) is 3.11. The minimum atomic E-state index is 0.258. The zero-order valence-electron chi connectivity index (χ0n) is 12.5. The van der Waals surface area contributed by atoms with Gasteiger partial charge in [-0.2, -0.15) is 0 Å². The van der Waals surface area contributed by atoms with Gasteiger partial charge in [-0.05, 0) is 58.7 Å². The molecule has 2 aliphatic rings. The third-order valence-corrected chi connectivity index (χ3v) is 5.54. The summed E-state index contributed by atoms with van der Waals surface area (Å²) in [6.07, 6.45) is 4.98. The lowest BCUT2D eigenvalue weighted by atomic mass is 10.1. The zero-order valence-corrected chi connectivity index (χ0v) is 13.3. The molecule has 1 amide bonds. The van der Waals surface area contributed by atoms with Gasteiger partial charge in [0.05, 0.1) is 5.56 Å². The third-order valence-electron chi connectivity index (χ3n) is 4.58. The molecule has 110 valence electrons. The Kier molecular flexibility index (Phi) is 4.13. The average molecular weight is 292 g/mol. The minimum absolute atomic E-state index is 0.258. The minimum Gasteiger partial charge on any atom is -0.334 e. The first kappa shape index (κ1) is 14.1. The molecule has 0 aliphatic carbocycles. The van der Waals surface area contributed by atoms with E-state index in [0.29, 0.717) is 6.04 Å². The predicted molar refractivity (Wildman–Crippen MR) is 83.5 cm³/mol. The molecule has 0 saturated carbocycles. The summed E-state index contributed by atoms with van der Waals surface area (Å²) in [5, 5.41) is 0. The van der Waals surface area contributed by atoms with Crippen LogP contribution in [0, 0.1) is 13.8 Å². The van der Waals surface area contributed by atoms with Crippen LogP contribution in [-0.2, 0) is 0 Å². The Hall–Kier alpha value is -0.870. The van der Waals surface area contributed by atoms with Crippen molar-refractivity contribution in [3.8, 4) is 0 Å². The molecule has 0 aromatic carbocycles. The highest BCUT2D eigenvalue weighted by Crippen LogP contribution is 2.27. The first-order valence-corrected chi connectivity index (χ1v) is 8.57. The van der Waals surface area contributed by atoms with Crippen molar-refractivity contribution in [1.82, 2.24) is 9.80 Å². The largest absolute Gasteiger partial charge is 0.334 e.